The minimum Gasteiger partial charge on any atom is -0.545 e. The van der Waals surface area contributed by atoms with Crippen LogP contribution in [0.1, 0.15) is 32.3 Å². The fraction of sp³-hybridized carbons (Fsp3) is 0.500. The highest BCUT2D eigenvalue weighted by Crippen LogP contribution is 2.28. The van der Waals surface area contributed by atoms with Crippen LogP contribution in [0.15, 0.2) is 24.3 Å². The summed E-state index contributed by atoms with van der Waals surface area (Å²) in [6.07, 6.45) is 4.79. The molecule has 0 saturated carbocycles. The first-order chi connectivity index (χ1) is 11.1. The lowest BCUT2D eigenvalue weighted by molar-refractivity contribution is -0.900. The predicted octanol–water partition coefficient (Wildman–Crippen LogP) is 0.542. The molecule has 0 radical (unpaired) electrons. The van der Waals surface area contributed by atoms with E-state index in [4.69, 9.17) is 9.47 Å². The summed E-state index contributed by atoms with van der Waals surface area (Å²) >= 11 is 0. The van der Waals surface area contributed by atoms with E-state index in [1.807, 2.05) is 0 Å². The number of aliphatic carboxylic acids is 1. The van der Waals surface area contributed by atoms with Crippen molar-refractivity contribution in [2.24, 2.45) is 0 Å². The van der Waals surface area contributed by atoms with Gasteiger partial charge in [0.1, 0.15) is 13.2 Å². The maximum Gasteiger partial charge on any atom is 0.161 e. The quantitative estimate of drug-likeness (QED) is 0.604. The van der Waals surface area contributed by atoms with Crippen LogP contribution in [0, 0.1) is 0 Å². The number of hydrogen-bond donors (Lipinski definition) is 1. The molecule has 1 aromatic carbocycles. The Morgan fingerprint density at radius 2 is 1.87 bits per heavy atom. The molecular formula is C18H27NO4. The lowest BCUT2D eigenvalue weighted by Gasteiger charge is -2.19. The zero-order valence-electron chi connectivity index (χ0n) is 14.3. The highest BCUT2D eigenvalue weighted by molar-refractivity contribution is 5.83. The number of benzene rings is 1. The monoisotopic (exact) mass is 321 g/mol. The number of carboxylic acids is 1. The number of carbonyl (C=O) groups is 1. The van der Waals surface area contributed by atoms with Gasteiger partial charge in [-0.15, -0.1) is 0 Å². The topological polar surface area (TPSA) is 63.0 Å². The molecular weight excluding hydrogens is 294 g/mol. The van der Waals surface area contributed by atoms with E-state index in [1.54, 1.807) is 30.2 Å². The molecule has 0 bridgehead atoms. The number of ether oxygens (including phenoxy) is 2. The number of rotatable bonds is 11. The summed E-state index contributed by atoms with van der Waals surface area (Å²) in [6, 6.07) is 5.34. The molecule has 0 fully saturated rings. The van der Waals surface area contributed by atoms with Gasteiger partial charge in [0.25, 0.3) is 0 Å². The second-order valence-corrected chi connectivity index (χ2v) is 5.41. The van der Waals surface area contributed by atoms with E-state index in [0.29, 0.717) is 18.1 Å². The molecule has 23 heavy (non-hydrogen) atoms. The van der Waals surface area contributed by atoms with Crippen LogP contribution in [0.3, 0.4) is 0 Å². The first-order valence-electron chi connectivity index (χ1n) is 8.14. The van der Waals surface area contributed by atoms with Crippen LogP contribution in [0.25, 0.3) is 6.08 Å². The van der Waals surface area contributed by atoms with Crippen molar-refractivity contribution in [2.75, 3.05) is 33.4 Å². The second-order valence-electron chi connectivity index (χ2n) is 5.41. The van der Waals surface area contributed by atoms with Crippen LogP contribution in [0.5, 0.6) is 11.5 Å². The van der Waals surface area contributed by atoms with E-state index in [-0.39, 0.29) is 0 Å². The first-order valence-corrected chi connectivity index (χ1v) is 8.14. The summed E-state index contributed by atoms with van der Waals surface area (Å²) in [5.41, 5.74) is 0.725. The van der Waals surface area contributed by atoms with Gasteiger partial charge in [0.2, 0.25) is 0 Å². The van der Waals surface area contributed by atoms with Gasteiger partial charge in [0.15, 0.2) is 11.5 Å². The van der Waals surface area contributed by atoms with Gasteiger partial charge in [-0.3, -0.25) is 0 Å². The molecule has 1 aromatic rings. The molecule has 5 nitrogen and oxygen atoms in total. The van der Waals surface area contributed by atoms with E-state index in [2.05, 4.69) is 13.8 Å². The van der Waals surface area contributed by atoms with Crippen LogP contribution in [0.4, 0.5) is 0 Å². The molecule has 0 heterocycles. The van der Waals surface area contributed by atoms with E-state index in [9.17, 15) is 9.90 Å². The number of carboxylic acid groups (broad SMARTS) is 1. The lowest BCUT2D eigenvalue weighted by atomic mass is 10.2. The van der Waals surface area contributed by atoms with Crippen molar-refractivity contribution in [1.82, 2.24) is 0 Å². The summed E-state index contributed by atoms with van der Waals surface area (Å²) < 4.78 is 11.1. The smallest absolute Gasteiger partial charge is 0.161 e. The number of nitrogens with one attached hydrogen (secondary N) is 1. The maximum absolute atomic E-state index is 10.4. The molecule has 0 amide bonds. The average molecular weight is 321 g/mol. The van der Waals surface area contributed by atoms with Crippen LogP contribution in [-0.2, 0) is 4.79 Å². The average Bonchev–Trinajstić information content (AvgIpc) is 2.54. The molecule has 1 rings (SSSR count). The molecule has 0 unspecified atom stereocenters. The lowest BCUT2D eigenvalue weighted by Crippen LogP contribution is -3.12. The van der Waals surface area contributed by atoms with Crippen LogP contribution in [0.2, 0.25) is 0 Å². The van der Waals surface area contributed by atoms with E-state index in [1.165, 1.54) is 6.08 Å². The van der Waals surface area contributed by atoms with Crippen molar-refractivity contribution < 1.29 is 24.3 Å². The molecule has 0 atom stereocenters. The van der Waals surface area contributed by atoms with Crippen molar-refractivity contribution in [3.05, 3.63) is 29.8 Å². The molecule has 0 saturated heterocycles. The summed E-state index contributed by atoms with van der Waals surface area (Å²) in [7, 11) is 1.57. The largest absolute Gasteiger partial charge is 0.545 e. The molecule has 0 aliphatic carbocycles. The van der Waals surface area contributed by atoms with Gasteiger partial charge < -0.3 is 24.3 Å². The molecule has 1 N–H and O–H groups in total. The Hall–Kier alpha value is -2.01. The Morgan fingerprint density at radius 1 is 1.17 bits per heavy atom. The third kappa shape index (κ3) is 7.19. The first kappa shape index (κ1) is 19.0. The highest BCUT2D eigenvalue weighted by atomic mass is 16.5. The minimum absolute atomic E-state index is 0.595. The Balaban J connectivity index is 2.64. The van der Waals surface area contributed by atoms with Crippen molar-refractivity contribution in [3.8, 4) is 11.5 Å². The molecule has 0 aromatic heterocycles. The van der Waals surface area contributed by atoms with Crippen molar-refractivity contribution in [1.29, 1.82) is 0 Å². The highest BCUT2D eigenvalue weighted by Gasteiger charge is 2.09. The van der Waals surface area contributed by atoms with Gasteiger partial charge in [-0.2, -0.15) is 0 Å². The summed E-state index contributed by atoms with van der Waals surface area (Å²) in [6.45, 7) is 8.27. The molecule has 0 aliphatic rings. The molecule has 0 aliphatic heterocycles. The SMILES string of the molecule is CCC[NH+](CCC)CCOc1ccc(/C=C/C(=O)[O-])cc1OC. The fourth-order valence-electron chi connectivity index (χ4n) is 2.46. The predicted molar refractivity (Wildman–Crippen MR) is 88.7 cm³/mol. The number of carbonyl (C=O) groups excluding carboxylic acids is 1. The van der Waals surface area contributed by atoms with Crippen LogP contribution in [-0.4, -0.2) is 39.3 Å². The van der Waals surface area contributed by atoms with Gasteiger partial charge in [-0.25, -0.2) is 0 Å². The van der Waals surface area contributed by atoms with Crippen molar-refractivity contribution >= 4 is 12.0 Å². The number of hydrogen-bond acceptors (Lipinski definition) is 4. The van der Waals surface area contributed by atoms with E-state index < -0.39 is 5.97 Å². The van der Waals surface area contributed by atoms with Crippen molar-refractivity contribution in [3.63, 3.8) is 0 Å². The molecule has 128 valence electrons. The van der Waals surface area contributed by atoms with E-state index >= 15 is 0 Å². The molecule has 5 heteroatoms. The third-order valence-electron chi connectivity index (χ3n) is 3.52. The zero-order chi connectivity index (χ0) is 17.1. The summed E-state index contributed by atoms with van der Waals surface area (Å²) in [5.74, 6) is 0.0442. The van der Waals surface area contributed by atoms with Gasteiger partial charge in [-0.1, -0.05) is 26.0 Å². The van der Waals surface area contributed by atoms with Gasteiger partial charge in [0.05, 0.1) is 26.2 Å². The minimum atomic E-state index is -1.22. The standard InChI is InChI=1S/C18H27NO4/c1-4-10-19(11-5-2)12-13-23-16-8-6-15(7-9-18(20)21)14-17(16)22-3/h6-9,14H,4-5,10-13H2,1-3H3,(H,20,21)/b9-7+. The van der Waals surface area contributed by atoms with Crippen LogP contribution >= 0.6 is 0 Å². The number of quaternary nitrogens is 1. The number of methoxy groups -OCH3 is 1. The van der Waals surface area contributed by atoms with Gasteiger partial charge in [-0.05, 0) is 36.6 Å². The maximum atomic E-state index is 10.4. The fourth-order valence-corrected chi connectivity index (χ4v) is 2.46. The second kappa shape index (κ2) is 10.7. The van der Waals surface area contributed by atoms with Crippen LogP contribution < -0.4 is 19.5 Å². The Morgan fingerprint density at radius 3 is 2.43 bits per heavy atom. The third-order valence-corrected chi connectivity index (χ3v) is 3.52. The summed E-state index contributed by atoms with van der Waals surface area (Å²) in [4.78, 5) is 12.0. The van der Waals surface area contributed by atoms with Gasteiger partial charge in [0, 0.05) is 0 Å². The Labute approximate surface area is 138 Å². The Bertz CT molecular complexity index is 508. The van der Waals surface area contributed by atoms with Gasteiger partial charge >= 0.3 is 0 Å². The summed E-state index contributed by atoms with van der Waals surface area (Å²) in [5, 5.41) is 10.4. The van der Waals surface area contributed by atoms with Crippen molar-refractivity contribution in [2.45, 2.75) is 26.7 Å². The Kier molecular flexibility index (Phi) is 8.83. The normalized spacial score (nSPS) is 11.1. The van der Waals surface area contributed by atoms with E-state index in [0.717, 1.165) is 44.1 Å². The molecule has 0 spiro atoms. The zero-order valence-corrected chi connectivity index (χ0v) is 14.3.